The van der Waals surface area contributed by atoms with E-state index in [0.717, 1.165) is 5.56 Å². The molecule has 0 aliphatic carbocycles. The third-order valence-electron chi connectivity index (χ3n) is 2.89. The molecule has 20 heavy (non-hydrogen) atoms. The lowest BCUT2D eigenvalue weighted by molar-refractivity contribution is -0.142. The Kier molecular flexibility index (Phi) is 7.00. The van der Waals surface area contributed by atoms with Gasteiger partial charge in [-0.15, -0.1) is 0 Å². The molecular formula is C14H21NO5. The van der Waals surface area contributed by atoms with Crippen LogP contribution in [-0.2, 0) is 16.0 Å². The van der Waals surface area contributed by atoms with Crippen molar-refractivity contribution in [3.05, 3.63) is 29.8 Å². The predicted molar refractivity (Wildman–Crippen MR) is 73.3 cm³/mol. The number of methoxy groups -OCH3 is 1. The molecule has 0 heterocycles. The largest absolute Gasteiger partial charge is 0.493 e. The molecular weight excluding hydrogens is 262 g/mol. The maximum atomic E-state index is 11.2. The number of aliphatic hydroxyl groups excluding tert-OH is 2. The first kappa shape index (κ1) is 16.4. The normalized spacial score (nSPS) is 12.2. The molecule has 0 fully saturated rings. The molecule has 0 saturated heterocycles. The van der Waals surface area contributed by atoms with E-state index in [2.05, 4.69) is 4.74 Å². The van der Waals surface area contributed by atoms with Crippen molar-refractivity contribution in [1.29, 1.82) is 0 Å². The average Bonchev–Trinajstić information content (AvgIpc) is 2.49. The van der Waals surface area contributed by atoms with Crippen LogP contribution in [0.5, 0.6) is 5.75 Å². The number of hydrogen-bond donors (Lipinski definition) is 3. The second kappa shape index (κ2) is 8.52. The number of rotatable bonds is 8. The number of carbonyl (C=O) groups excluding carboxylic acids is 1. The van der Waals surface area contributed by atoms with Gasteiger partial charge < -0.3 is 25.4 Å². The van der Waals surface area contributed by atoms with E-state index in [0.29, 0.717) is 12.2 Å². The first-order valence-corrected chi connectivity index (χ1v) is 6.37. The van der Waals surface area contributed by atoms with Crippen LogP contribution in [0.2, 0.25) is 0 Å². The topological polar surface area (TPSA) is 102 Å². The molecule has 0 amide bonds. The zero-order valence-electron chi connectivity index (χ0n) is 11.5. The monoisotopic (exact) mass is 283 g/mol. The number of aliphatic hydroxyl groups is 2. The third kappa shape index (κ3) is 5.16. The smallest absolute Gasteiger partial charge is 0.322 e. The number of nitrogens with two attached hydrogens (primary N) is 1. The Morgan fingerprint density at radius 2 is 1.85 bits per heavy atom. The van der Waals surface area contributed by atoms with E-state index in [-0.39, 0.29) is 25.7 Å². The first-order chi connectivity index (χ1) is 9.60. The number of carbonyl (C=O) groups is 1. The van der Waals surface area contributed by atoms with Gasteiger partial charge in [-0.25, -0.2) is 0 Å². The minimum absolute atomic E-state index is 0.122. The van der Waals surface area contributed by atoms with Crippen molar-refractivity contribution in [2.24, 2.45) is 11.7 Å². The number of benzene rings is 1. The zero-order valence-corrected chi connectivity index (χ0v) is 11.5. The van der Waals surface area contributed by atoms with Crippen LogP contribution in [0.25, 0.3) is 0 Å². The minimum atomic E-state index is -0.681. The minimum Gasteiger partial charge on any atom is -0.493 e. The second-order valence-electron chi connectivity index (χ2n) is 4.52. The summed E-state index contributed by atoms with van der Waals surface area (Å²) in [6.45, 7) is -0.000839. The molecule has 1 atom stereocenters. The van der Waals surface area contributed by atoms with Crippen LogP contribution >= 0.6 is 0 Å². The Hall–Kier alpha value is -1.63. The summed E-state index contributed by atoms with van der Waals surface area (Å²) in [6.07, 6.45) is 0.392. The molecule has 0 aliphatic heterocycles. The van der Waals surface area contributed by atoms with Crippen molar-refractivity contribution in [3.63, 3.8) is 0 Å². The SMILES string of the molecule is COC(=O)C(N)Cc1ccc(OCC(CO)CO)cc1. The molecule has 0 radical (unpaired) electrons. The van der Waals surface area contributed by atoms with E-state index >= 15 is 0 Å². The van der Waals surface area contributed by atoms with E-state index in [1.54, 1.807) is 12.1 Å². The van der Waals surface area contributed by atoms with Crippen LogP contribution in [-0.4, -0.2) is 49.2 Å². The molecule has 0 aromatic heterocycles. The van der Waals surface area contributed by atoms with Gasteiger partial charge in [0.25, 0.3) is 0 Å². The molecule has 0 saturated carbocycles. The Morgan fingerprint density at radius 3 is 2.35 bits per heavy atom. The molecule has 1 aromatic rings. The predicted octanol–water partition coefficient (Wildman–Crippen LogP) is -0.291. The molecule has 1 aromatic carbocycles. The van der Waals surface area contributed by atoms with Gasteiger partial charge in [-0.1, -0.05) is 12.1 Å². The summed E-state index contributed by atoms with van der Waals surface area (Å²) in [4.78, 5) is 11.2. The first-order valence-electron chi connectivity index (χ1n) is 6.37. The van der Waals surface area contributed by atoms with E-state index in [4.69, 9.17) is 20.7 Å². The van der Waals surface area contributed by atoms with Gasteiger partial charge in [-0.3, -0.25) is 4.79 Å². The molecule has 1 unspecified atom stereocenters. The van der Waals surface area contributed by atoms with Gasteiger partial charge in [-0.2, -0.15) is 0 Å². The molecule has 4 N–H and O–H groups in total. The van der Waals surface area contributed by atoms with Crippen molar-refractivity contribution in [2.45, 2.75) is 12.5 Å². The van der Waals surface area contributed by atoms with Gasteiger partial charge in [-0.05, 0) is 24.1 Å². The molecule has 0 aliphatic rings. The number of esters is 1. The summed E-state index contributed by atoms with van der Waals surface area (Å²) in [5.74, 6) is -0.103. The molecule has 112 valence electrons. The van der Waals surface area contributed by atoms with Crippen LogP contribution in [0.4, 0.5) is 0 Å². The highest BCUT2D eigenvalue weighted by atomic mass is 16.5. The van der Waals surface area contributed by atoms with Crippen molar-refractivity contribution < 1.29 is 24.5 Å². The Bertz CT molecular complexity index is 403. The van der Waals surface area contributed by atoms with Crippen LogP contribution < -0.4 is 10.5 Å². The van der Waals surface area contributed by atoms with Gasteiger partial charge >= 0.3 is 5.97 Å². The van der Waals surface area contributed by atoms with Gasteiger partial charge in [0.2, 0.25) is 0 Å². The maximum Gasteiger partial charge on any atom is 0.322 e. The number of ether oxygens (including phenoxy) is 2. The van der Waals surface area contributed by atoms with Crippen molar-refractivity contribution in [1.82, 2.24) is 0 Å². The highest BCUT2D eigenvalue weighted by Crippen LogP contribution is 2.14. The second-order valence-corrected chi connectivity index (χ2v) is 4.52. The van der Waals surface area contributed by atoms with Crippen LogP contribution in [0, 0.1) is 5.92 Å². The maximum absolute atomic E-state index is 11.2. The third-order valence-corrected chi connectivity index (χ3v) is 2.89. The van der Waals surface area contributed by atoms with Gasteiger partial charge in [0, 0.05) is 5.92 Å². The van der Waals surface area contributed by atoms with E-state index in [1.165, 1.54) is 7.11 Å². The molecule has 6 nitrogen and oxygen atoms in total. The summed E-state index contributed by atoms with van der Waals surface area (Å²) in [5.41, 5.74) is 6.57. The van der Waals surface area contributed by atoms with Crippen LogP contribution in [0.3, 0.4) is 0 Å². The van der Waals surface area contributed by atoms with E-state index < -0.39 is 12.0 Å². The fraction of sp³-hybridized carbons (Fsp3) is 0.500. The standard InChI is InChI=1S/C14H21NO5/c1-19-14(18)13(15)6-10-2-4-12(5-3-10)20-9-11(7-16)8-17/h2-5,11,13,16-17H,6-9,15H2,1H3. The van der Waals surface area contributed by atoms with Gasteiger partial charge in [0.1, 0.15) is 11.8 Å². The summed E-state index contributed by atoms with van der Waals surface area (Å²) >= 11 is 0. The van der Waals surface area contributed by atoms with Crippen LogP contribution in [0.1, 0.15) is 5.56 Å². The zero-order chi connectivity index (χ0) is 15.0. The molecule has 1 rings (SSSR count). The van der Waals surface area contributed by atoms with Gasteiger partial charge in [0.15, 0.2) is 0 Å². The van der Waals surface area contributed by atoms with E-state index in [9.17, 15) is 4.79 Å². The highest BCUT2D eigenvalue weighted by Gasteiger charge is 2.14. The summed E-state index contributed by atoms with van der Waals surface area (Å²) in [5, 5.41) is 17.8. The molecule has 0 spiro atoms. The Labute approximate surface area is 118 Å². The Balaban J connectivity index is 2.50. The lowest BCUT2D eigenvalue weighted by Gasteiger charge is -2.13. The lowest BCUT2D eigenvalue weighted by Crippen LogP contribution is -2.33. The quantitative estimate of drug-likeness (QED) is 0.567. The average molecular weight is 283 g/mol. The molecule has 0 bridgehead atoms. The van der Waals surface area contributed by atoms with Crippen molar-refractivity contribution in [2.75, 3.05) is 26.9 Å². The molecule has 6 heteroatoms. The fourth-order valence-corrected chi connectivity index (χ4v) is 1.59. The summed E-state index contributed by atoms with van der Waals surface area (Å²) in [6, 6.07) is 6.45. The summed E-state index contributed by atoms with van der Waals surface area (Å²) < 4.78 is 10.00. The van der Waals surface area contributed by atoms with Crippen molar-refractivity contribution >= 4 is 5.97 Å². The van der Waals surface area contributed by atoms with Gasteiger partial charge in [0.05, 0.1) is 26.9 Å². The Morgan fingerprint density at radius 1 is 1.25 bits per heavy atom. The van der Waals surface area contributed by atoms with Crippen LogP contribution in [0.15, 0.2) is 24.3 Å². The lowest BCUT2D eigenvalue weighted by atomic mass is 10.1. The number of hydrogen-bond acceptors (Lipinski definition) is 6. The van der Waals surface area contributed by atoms with E-state index in [1.807, 2.05) is 12.1 Å². The highest BCUT2D eigenvalue weighted by molar-refractivity contribution is 5.75. The van der Waals surface area contributed by atoms with Crippen molar-refractivity contribution in [3.8, 4) is 5.75 Å². The summed E-state index contributed by atoms with van der Waals surface area (Å²) in [7, 11) is 1.30. The fourth-order valence-electron chi connectivity index (χ4n) is 1.59.